The number of morpholine rings is 1. The molecule has 1 N–H and O–H groups in total. The third-order valence-corrected chi connectivity index (χ3v) is 3.39. The van der Waals surface area contributed by atoms with Gasteiger partial charge in [0.2, 0.25) is 0 Å². The van der Waals surface area contributed by atoms with Crippen LogP contribution < -0.4 is 0 Å². The van der Waals surface area contributed by atoms with Gasteiger partial charge in [0.05, 0.1) is 13.2 Å². The molecule has 0 bridgehead atoms. The number of carbonyl (C=O) groups excluding carboxylic acids is 1. The maximum atomic E-state index is 12.9. The van der Waals surface area contributed by atoms with E-state index in [-0.39, 0.29) is 11.7 Å². The molecule has 1 aliphatic rings. The van der Waals surface area contributed by atoms with Crippen LogP contribution >= 0.6 is 0 Å². The van der Waals surface area contributed by atoms with Crippen molar-refractivity contribution in [3.63, 3.8) is 0 Å². The van der Waals surface area contributed by atoms with Crippen LogP contribution in [0.1, 0.15) is 10.5 Å². The van der Waals surface area contributed by atoms with E-state index in [9.17, 15) is 9.18 Å². The van der Waals surface area contributed by atoms with Crippen molar-refractivity contribution in [2.24, 2.45) is 0 Å². The standard InChI is InChI=1S/C15H15FN2O2/c16-13-3-1-11(2-4-13)12-9-14(17-10-12)15(19)18-5-7-20-8-6-18/h1-4,9-10,17H,5-8H2. The largest absolute Gasteiger partial charge is 0.378 e. The first-order valence-corrected chi connectivity index (χ1v) is 6.55. The van der Waals surface area contributed by atoms with Gasteiger partial charge in [-0.15, -0.1) is 0 Å². The molecule has 0 radical (unpaired) electrons. The van der Waals surface area contributed by atoms with Crippen LogP contribution in [0.3, 0.4) is 0 Å². The lowest BCUT2D eigenvalue weighted by Gasteiger charge is -2.26. The predicted molar refractivity (Wildman–Crippen MR) is 72.9 cm³/mol. The van der Waals surface area contributed by atoms with E-state index in [0.717, 1.165) is 11.1 Å². The number of H-pyrrole nitrogens is 1. The fourth-order valence-electron chi connectivity index (χ4n) is 2.26. The Morgan fingerprint density at radius 2 is 1.85 bits per heavy atom. The summed E-state index contributed by atoms with van der Waals surface area (Å²) in [6.07, 6.45) is 1.76. The SMILES string of the molecule is O=C(c1cc(-c2ccc(F)cc2)c[nH]1)N1CCOCC1. The summed E-state index contributed by atoms with van der Waals surface area (Å²) >= 11 is 0. The molecule has 1 aliphatic heterocycles. The van der Waals surface area contributed by atoms with Crippen LogP contribution in [0.4, 0.5) is 4.39 Å². The zero-order valence-corrected chi connectivity index (χ0v) is 10.9. The van der Waals surface area contributed by atoms with Gasteiger partial charge in [-0.3, -0.25) is 4.79 Å². The third kappa shape index (κ3) is 2.58. The van der Waals surface area contributed by atoms with Crippen molar-refractivity contribution in [2.75, 3.05) is 26.3 Å². The number of rotatable bonds is 2. The van der Waals surface area contributed by atoms with Gasteiger partial charge in [0.25, 0.3) is 5.91 Å². The summed E-state index contributed by atoms with van der Waals surface area (Å²) in [7, 11) is 0. The minimum absolute atomic E-state index is 0.0262. The maximum absolute atomic E-state index is 12.9. The smallest absolute Gasteiger partial charge is 0.270 e. The van der Waals surface area contributed by atoms with E-state index in [0.29, 0.717) is 32.0 Å². The van der Waals surface area contributed by atoms with Gasteiger partial charge in [-0.25, -0.2) is 4.39 Å². The van der Waals surface area contributed by atoms with Crippen LogP contribution in [0.25, 0.3) is 11.1 Å². The van der Waals surface area contributed by atoms with Crippen molar-refractivity contribution in [1.29, 1.82) is 0 Å². The monoisotopic (exact) mass is 274 g/mol. The Bertz CT molecular complexity index is 601. The molecule has 2 heterocycles. The summed E-state index contributed by atoms with van der Waals surface area (Å²) in [5.74, 6) is -0.296. The number of halogens is 1. The van der Waals surface area contributed by atoms with E-state index in [1.54, 1.807) is 29.3 Å². The molecule has 0 aliphatic carbocycles. The molecule has 20 heavy (non-hydrogen) atoms. The van der Waals surface area contributed by atoms with E-state index >= 15 is 0 Å². The summed E-state index contributed by atoms with van der Waals surface area (Å²) in [4.78, 5) is 17.0. The van der Waals surface area contributed by atoms with Gasteiger partial charge in [-0.2, -0.15) is 0 Å². The number of hydrogen-bond donors (Lipinski definition) is 1. The van der Waals surface area contributed by atoms with Gasteiger partial charge < -0.3 is 14.6 Å². The Morgan fingerprint density at radius 3 is 2.55 bits per heavy atom. The maximum Gasteiger partial charge on any atom is 0.270 e. The van der Waals surface area contributed by atoms with Gasteiger partial charge >= 0.3 is 0 Å². The number of ether oxygens (including phenoxy) is 1. The first-order chi connectivity index (χ1) is 9.74. The minimum atomic E-state index is -0.270. The number of aromatic nitrogens is 1. The molecular formula is C15H15FN2O2. The van der Waals surface area contributed by atoms with Crippen LogP contribution in [0.2, 0.25) is 0 Å². The molecule has 1 fully saturated rings. The molecule has 4 nitrogen and oxygen atoms in total. The van der Waals surface area contributed by atoms with Crippen LogP contribution in [0.5, 0.6) is 0 Å². The molecule has 0 saturated carbocycles. The van der Waals surface area contributed by atoms with Crippen LogP contribution in [-0.2, 0) is 4.74 Å². The zero-order chi connectivity index (χ0) is 13.9. The van der Waals surface area contributed by atoms with E-state index in [1.807, 2.05) is 0 Å². The van der Waals surface area contributed by atoms with Gasteiger partial charge in [0.1, 0.15) is 11.5 Å². The minimum Gasteiger partial charge on any atom is -0.378 e. The molecule has 5 heteroatoms. The Morgan fingerprint density at radius 1 is 1.15 bits per heavy atom. The number of hydrogen-bond acceptors (Lipinski definition) is 2. The number of nitrogens with one attached hydrogen (secondary N) is 1. The highest BCUT2D eigenvalue weighted by Crippen LogP contribution is 2.21. The number of aromatic amines is 1. The second kappa shape index (κ2) is 5.46. The van der Waals surface area contributed by atoms with Crippen molar-refractivity contribution in [3.05, 3.63) is 48.0 Å². The molecule has 1 saturated heterocycles. The number of amides is 1. The normalized spacial score (nSPS) is 15.3. The topological polar surface area (TPSA) is 45.3 Å². The highest BCUT2D eigenvalue weighted by atomic mass is 19.1. The predicted octanol–water partition coefficient (Wildman–Crippen LogP) is 2.29. The average molecular weight is 274 g/mol. The number of nitrogens with zero attached hydrogens (tertiary/aromatic N) is 1. The molecule has 1 aromatic carbocycles. The lowest BCUT2D eigenvalue weighted by molar-refractivity contribution is 0.0299. The third-order valence-electron chi connectivity index (χ3n) is 3.39. The fraction of sp³-hybridized carbons (Fsp3) is 0.267. The van der Waals surface area contributed by atoms with E-state index < -0.39 is 0 Å². The molecule has 0 spiro atoms. The summed E-state index contributed by atoms with van der Waals surface area (Å²) in [6, 6.07) is 8.01. The highest BCUT2D eigenvalue weighted by molar-refractivity contribution is 5.94. The molecule has 1 amide bonds. The average Bonchev–Trinajstić information content (AvgIpc) is 2.98. The highest BCUT2D eigenvalue weighted by Gasteiger charge is 2.19. The van der Waals surface area contributed by atoms with E-state index in [2.05, 4.69) is 4.98 Å². The summed E-state index contributed by atoms with van der Waals surface area (Å²) in [5.41, 5.74) is 2.30. The number of carbonyl (C=O) groups is 1. The lowest BCUT2D eigenvalue weighted by atomic mass is 10.1. The second-order valence-electron chi connectivity index (χ2n) is 4.71. The quantitative estimate of drug-likeness (QED) is 0.913. The summed E-state index contributed by atoms with van der Waals surface area (Å²) in [5, 5.41) is 0. The molecule has 3 rings (SSSR count). The molecule has 2 aromatic rings. The van der Waals surface area contributed by atoms with Crippen molar-refractivity contribution in [3.8, 4) is 11.1 Å². The summed E-state index contributed by atoms with van der Waals surface area (Å²) < 4.78 is 18.1. The molecule has 1 aromatic heterocycles. The number of benzene rings is 1. The van der Waals surface area contributed by atoms with Gasteiger partial charge in [-0.05, 0) is 29.3 Å². The summed E-state index contributed by atoms with van der Waals surface area (Å²) in [6.45, 7) is 2.39. The van der Waals surface area contributed by atoms with E-state index in [4.69, 9.17) is 4.74 Å². The Labute approximate surface area is 116 Å². The van der Waals surface area contributed by atoms with E-state index in [1.165, 1.54) is 12.1 Å². The second-order valence-corrected chi connectivity index (χ2v) is 4.71. The Balaban J connectivity index is 1.79. The van der Waals surface area contributed by atoms with Crippen LogP contribution in [-0.4, -0.2) is 42.1 Å². The Hall–Kier alpha value is -2.14. The lowest BCUT2D eigenvalue weighted by Crippen LogP contribution is -2.40. The van der Waals surface area contributed by atoms with Crippen molar-refractivity contribution < 1.29 is 13.9 Å². The van der Waals surface area contributed by atoms with Gasteiger partial charge in [0, 0.05) is 19.3 Å². The first kappa shape index (κ1) is 12.9. The molecule has 0 unspecified atom stereocenters. The van der Waals surface area contributed by atoms with Gasteiger partial charge in [-0.1, -0.05) is 12.1 Å². The Kier molecular flexibility index (Phi) is 3.52. The van der Waals surface area contributed by atoms with Crippen molar-refractivity contribution in [2.45, 2.75) is 0 Å². The molecule has 104 valence electrons. The first-order valence-electron chi connectivity index (χ1n) is 6.55. The van der Waals surface area contributed by atoms with Crippen molar-refractivity contribution in [1.82, 2.24) is 9.88 Å². The van der Waals surface area contributed by atoms with Crippen LogP contribution in [0, 0.1) is 5.82 Å². The molecule has 0 atom stereocenters. The molecular weight excluding hydrogens is 259 g/mol. The van der Waals surface area contributed by atoms with Gasteiger partial charge in [0.15, 0.2) is 0 Å². The van der Waals surface area contributed by atoms with Crippen molar-refractivity contribution >= 4 is 5.91 Å². The zero-order valence-electron chi connectivity index (χ0n) is 10.9. The van der Waals surface area contributed by atoms with Crippen LogP contribution in [0.15, 0.2) is 36.5 Å². The fourth-order valence-corrected chi connectivity index (χ4v) is 2.26.